The Hall–Kier alpha value is -0.960. The van der Waals surface area contributed by atoms with E-state index in [2.05, 4.69) is 5.32 Å². The van der Waals surface area contributed by atoms with E-state index >= 15 is 0 Å². The van der Waals surface area contributed by atoms with Gasteiger partial charge < -0.3 is 5.32 Å². The van der Waals surface area contributed by atoms with Crippen molar-refractivity contribution in [3.8, 4) is 0 Å². The normalized spacial score (nSPS) is 16.2. The first-order valence-electron chi connectivity index (χ1n) is 3.26. The monoisotopic (exact) mass is 172 g/mol. The number of hydrogen-bond donors (Lipinski definition) is 1. The van der Waals surface area contributed by atoms with Gasteiger partial charge in [-0.15, -0.1) is 0 Å². The van der Waals surface area contributed by atoms with Crippen LogP contribution in [0.1, 0.15) is 0 Å². The Morgan fingerprint density at radius 1 is 1.82 bits per heavy atom. The van der Waals surface area contributed by atoms with Gasteiger partial charge in [0, 0.05) is 19.8 Å². The van der Waals surface area contributed by atoms with Gasteiger partial charge in [0.05, 0.1) is 5.03 Å². The van der Waals surface area contributed by atoms with Crippen molar-refractivity contribution in [2.24, 2.45) is 0 Å². The summed E-state index contributed by atoms with van der Waals surface area (Å²) in [5, 5.41) is 3.07. The van der Waals surface area contributed by atoms with Crippen molar-refractivity contribution in [3.63, 3.8) is 0 Å². The lowest BCUT2D eigenvalue weighted by Crippen LogP contribution is -2.35. The summed E-state index contributed by atoms with van der Waals surface area (Å²) in [7, 11) is 1.59. The highest BCUT2D eigenvalue weighted by Gasteiger charge is 2.09. The average Bonchev–Trinajstić information content (AvgIpc) is 2.03. The molecule has 0 aromatic carbocycles. The Morgan fingerprint density at radius 2 is 2.55 bits per heavy atom. The molecule has 0 atom stereocenters. The lowest BCUT2D eigenvalue weighted by Gasteiger charge is -2.18. The molecule has 1 aliphatic heterocycles. The molecule has 0 saturated heterocycles. The molecule has 0 aliphatic carbocycles. The van der Waals surface area contributed by atoms with E-state index in [1.807, 2.05) is 6.08 Å². The van der Waals surface area contributed by atoms with Crippen LogP contribution in [0.3, 0.4) is 0 Å². The Kier molecular flexibility index (Phi) is 2.54. The average molecular weight is 173 g/mol. The molecule has 60 valence electrons. The maximum Gasteiger partial charge on any atom is 0.321 e. The summed E-state index contributed by atoms with van der Waals surface area (Å²) in [5.74, 6) is 0. The Morgan fingerprint density at radius 3 is 3.09 bits per heavy atom. The van der Waals surface area contributed by atoms with Crippen LogP contribution in [0.2, 0.25) is 0 Å². The van der Waals surface area contributed by atoms with E-state index < -0.39 is 0 Å². The molecule has 0 spiro atoms. The molecule has 1 rings (SSSR count). The van der Waals surface area contributed by atoms with Crippen molar-refractivity contribution in [3.05, 3.63) is 23.4 Å². The number of carbonyl (C=O) groups is 1. The minimum atomic E-state index is -0.146. The Bertz CT molecular complexity index is 222. The van der Waals surface area contributed by atoms with Crippen molar-refractivity contribution >= 4 is 17.6 Å². The van der Waals surface area contributed by atoms with E-state index in [0.717, 1.165) is 0 Å². The first kappa shape index (κ1) is 8.14. The van der Waals surface area contributed by atoms with Gasteiger partial charge in [-0.25, -0.2) is 4.79 Å². The maximum absolute atomic E-state index is 11.0. The fourth-order valence-electron chi connectivity index (χ4n) is 0.809. The summed E-state index contributed by atoms with van der Waals surface area (Å²) in [6, 6.07) is -0.146. The van der Waals surface area contributed by atoms with Crippen molar-refractivity contribution in [1.29, 1.82) is 0 Å². The van der Waals surface area contributed by atoms with Crippen LogP contribution >= 0.6 is 11.6 Å². The molecule has 3 nitrogen and oxygen atoms in total. The van der Waals surface area contributed by atoms with Crippen LogP contribution in [-0.4, -0.2) is 24.5 Å². The minimum absolute atomic E-state index is 0.146. The summed E-state index contributed by atoms with van der Waals surface area (Å²) in [5.41, 5.74) is 0. The molecule has 11 heavy (non-hydrogen) atoms. The minimum Gasteiger partial charge on any atom is -0.341 e. The lowest BCUT2D eigenvalue weighted by atomic mass is 10.3. The van der Waals surface area contributed by atoms with Gasteiger partial charge in [0.15, 0.2) is 0 Å². The van der Waals surface area contributed by atoms with E-state index in [9.17, 15) is 4.79 Å². The van der Waals surface area contributed by atoms with Crippen LogP contribution in [0.4, 0.5) is 4.79 Å². The first-order valence-corrected chi connectivity index (χ1v) is 3.64. The van der Waals surface area contributed by atoms with E-state index in [4.69, 9.17) is 11.6 Å². The molecule has 1 N–H and O–H groups in total. The zero-order valence-electron chi connectivity index (χ0n) is 6.17. The molecule has 0 bridgehead atoms. The smallest absolute Gasteiger partial charge is 0.321 e. The molecule has 4 heteroatoms. The number of hydrogen-bond acceptors (Lipinski definition) is 1. The second-order valence-corrected chi connectivity index (χ2v) is 2.56. The van der Waals surface area contributed by atoms with E-state index in [1.54, 1.807) is 19.3 Å². The second-order valence-electron chi connectivity index (χ2n) is 2.12. The second kappa shape index (κ2) is 3.44. The molecule has 0 saturated carbocycles. The predicted octanol–water partition coefficient (Wildman–Crippen LogP) is 1.28. The summed E-state index contributed by atoms with van der Waals surface area (Å²) in [4.78, 5) is 12.5. The number of allylic oxidation sites excluding steroid dienone is 2. The predicted molar refractivity (Wildman–Crippen MR) is 44.2 cm³/mol. The van der Waals surface area contributed by atoms with Crippen LogP contribution in [-0.2, 0) is 0 Å². The van der Waals surface area contributed by atoms with Crippen LogP contribution < -0.4 is 5.32 Å². The molecule has 0 fully saturated rings. The van der Waals surface area contributed by atoms with E-state index in [0.29, 0.717) is 11.6 Å². The number of amides is 2. The van der Waals surface area contributed by atoms with Gasteiger partial charge in [-0.05, 0) is 6.08 Å². The van der Waals surface area contributed by atoms with Crippen LogP contribution in [0.5, 0.6) is 0 Å². The van der Waals surface area contributed by atoms with Crippen LogP contribution in [0.25, 0.3) is 0 Å². The summed E-state index contributed by atoms with van der Waals surface area (Å²) in [6.07, 6.45) is 5.19. The van der Waals surface area contributed by atoms with E-state index in [-0.39, 0.29) is 6.03 Å². The highest BCUT2D eigenvalue weighted by atomic mass is 35.5. The van der Waals surface area contributed by atoms with Gasteiger partial charge in [0.25, 0.3) is 0 Å². The number of nitrogens with zero attached hydrogens (tertiary/aromatic N) is 1. The molecule has 1 aliphatic rings. The van der Waals surface area contributed by atoms with Crippen LogP contribution in [0.15, 0.2) is 23.4 Å². The highest BCUT2D eigenvalue weighted by Crippen LogP contribution is 2.10. The van der Waals surface area contributed by atoms with Gasteiger partial charge in [-0.2, -0.15) is 0 Å². The largest absolute Gasteiger partial charge is 0.341 e. The molecule has 2 amide bonds. The molecule has 1 heterocycles. The Labute approximate surface area is 70.3 Å². The fourth-order valence-corrected chi connectivity index (χ4v) is 1.02. The number of halogens is 1. The third kappa shape index (κ3) is 1.98. The van der Waals surface area contributed by atoms with Gasteiger partial charge in [-0.1, -0.05) is 17.7 Å². The first-order chi connectivity index (χ1) is 5.24. The molecule has 0 aromatic heterocycles. The topological polar surface area (TPSA) is 32.3 Å². The highest BCUT2D eigenvalue weighted by molar-refractivity contribution is 6.31. The lowest BCUT2D eigenvalue weighted by molar-refractivity contribution is 0.220. The summed E-state index contributed by atoms with van der Waals surface area (Å²) < 4.78 is 0. The van der Waals surface area contributed by atoms with Crippen molar-refractivity contribution in [1.82, 2.24) is 10.2 Å². The number of urea groups is 1. The zero-order valence-corrected chi connectivity index (χ0v) is 6.93. The van der Waals surface area contributed by atoms with Crippen LogP contribution in [0, 0.1) is 0 Å². The number of rotatable bonds is 0. The van der Waals surface area contributed by atoms with E-state index in [1.165, 1.54) is 4.90 Å². The molecule has 0 unspecified atom stereocenters. The standard InChI is InChI=1S/C7H9ClN2O/c1-9-7(11)10-4-2-3-6(8)5-10/h2-3,5H,4H2,1H3,(H,9,11). The quantitative estimate of drug-likeness (QED) is 0.587. The molecular weight excluding hydrogens is 164 g/mol. The van der Waals surface area contributed by atoms with Gasteiger partial charge in [0.2, 0.25) is 0 Å². The SMILES string of the molecule is CNC(=O)N1C=C(Cl)C=CC1. The van der Waals surface area contributed by atoms with Gasteiger partial charge in [-0.3, -0.25) is 4.90 Å². The van der Waals surface area contributed by atoms with Crippen molar-refractivity contribution in [2.45, 2.75) is 0 Å². The molecular formula is C7H9ClN2O. The number of nitrogens with one attached hydrogen (secondary N) is 1. The molecule has 0 radical (unpaired) electrons. The third-order valence-electron chi connectivity index (χ3n) is 1.33. The molecule has 0 aromatic rings. The van der Waals surface area contributed by atoms with Crippen molar-refractivity contribution < 1.29 is 4.79 Å². The summed E-state index contributed by atoms with van der Waals surface area (Å²) in [6.45, 7) is 0.579. The fraction of sp³-hybridized carbons (Fsp3) is 0.286. The maximum atomic E-state index is 11.0. The Balaban J connectivity index is 2.63. The van der Waals surface area contributed by atoms with Gasteiger partial charge in [0.1, 0.15) is 0 Å². The third-order valence-corrected chi connectivity index (χ3v) is 1.56. The zero-order chi connectivity index (χ0) is 8.27. The summed E-state index contributed by atoms with van der Waals surface area (Å²) >= 11 is 5.67. The number of carbonyl (C=O) groups excluding carboxylic acids is 1. The van der Waals surface area contributed by atoms with Gasteiger partial charge >= 0.3 is 6.03 Å². The van der Waals surface area contributed by atoms with Crippen molar-refractivity contribution in [2.75, 3.05) is 13.6 Å².